The molecule has 4 N–H and O–H groups in total. The largest absolute Gasteiger partial charge is 0.378 e. The number of fused-ring (bicyclic) bond motifs is 1. The lowest BCUT2D eigenvalue weighted by atomic mass is 10.1. The molecule has 0 aliphatic heterocycles. The Balaban J connectivity index is 1.91. The number of hydrogen-bond acceptors (Lipinski definition) is 6. The van der Waals surface area contributed by atoms with Gasteiger partial charge in [0.1, 0.15) is 17.0 Å². The van der Waals surface area contributed by atoms with Crippen LogP contribution < -0.4 is 27.9 Å². The van der Waals surface area contributed by atoms with Gasteiger partial charge in [0.25, 0.3) is 17.0 Å². The molecule has 1 unspecified atom stereocenters. The number of aliphatic hydroxyl groups is 1. The molecule has 1 aliphatic carbocycles. The van der Waals surface area contributed by atoms with Crippen LogP contribution in [0.3, 0.4) is 0 Å². The fourth-order valence-corrected chi connectivity index (χ4v) is 5.03. The van der Waals surface area contributed by atoms with E-state index in [1.54, 1.807) is 12.1 Å². The van der Waals surface area contributed by atoms with Gasteiger partial charge in [-0.2, -0.15) is 0 Å². The highest BCUT2D eigenvalue weighted by molar-refractivity contribution is 14.1. The van der Waals surface area contributed by atoms with Gasteiger partial charge in [0.05, 0.1) is 16.9 Å². The molecule has 1 amide bonds. The number of rotatable bonds is 6. The van der Waals surface area contributed by atoms with E-state index in [4.69, 9.17) is 5.73 Å². The lowest BCUT2D eigenvalue weighted by molar-refractivity contribution is -0.126. The summed E-state index contributed by atoms with van der Waals surface area (Å²) in [7, 11) is 1.46. The van der Waals surface area contributed by atoms with E-state index < -0.39 is 34.6 Å². The van der Waals surface area contributed by atoms with Crippen LogP contribution in [0.25, 0.3) is 16.6 Å². The Bertz CT molecular complexity index is 1820. The molecule has 5 rings (SSSR count). The van der Waals surface area contributed by atoms with Crippen LogP contribution in [0.5, 0.6) is 0 Å². The molecule has 1 saturated carbocycles. The third-order valence-electron chi connectivity index (χ3n) is 6.65. The normalized spacial score (nSPS) is 14.0. The molecule has 4 aromatic rings. The topological polar surface area (TPSA) is 141 Å². The van der Waals surface area contributed by atoms with Crippen LogP contribution in [0.2, 0.25) is 0 Å². The number of halogens is 2. The molecule has 1 fully saturated rings. The Hall–Kier alpha value is -3.78. The number of primary amides is 1. The summed E-state index contributed by atoms with van der Waals surface area (Å²) < 4.78 is 19.0. The van der Waals surface area contributed by atoms with Gasteiger partial charge in [-0.15, -0.1) is 0 Å². The number of hydrogen-bond donors (Lipinski definition) is 3. The molecule has 1 atom stereocenters. The highest BCUT2D eigenvalue weighted by Gasteiger charge is 2.32. The van der Waals surface area contributed by atoms with E-state index in [0.717, 1.165) is 4.57 Å². The molecule has 0 bridgehead atoms. The predicted octanol–water partition coefficient (Wildman–Crippen LogP) is 2.50. The fraction of sp³-hybridized carbons (Fsp3) is 0.231. The molecule has 12 heteroatoms. The molecule has 196 valence electrons. The van der Waals surface area contributed by atoms with Gasteiger partial charge in [0.15, 0.2) is 6.10 Å². The highest BCUT2D eigenvalue weighted by atomic mass is 127. The predicted molar refractivity (Wildman–Crippen MR) is 149 cm³/mol. The first-order valence-electron chi connectivity index (χ1n) is 11.7. The van der Waals surface area contributed by atoms with Crippen molar-refractivity contribution >= 4 is 50.9 Å². The SMILES string of the molecule is Cc1c(=O)n(C)c(Nc2ccc(I)cc2F)c2c(=O)n(C3CC3)c(=O)n(-c3cccc(C(O)C(N)=O)c3)c12. The minimum atomic E-state index is -1.62. The van der Waals surface area contributed by atoms with Gasteiger partial charge in [-0.25, -0.2) is 9.18 Å². The number of carbonyl (C=O) groups is 1. The van der Waals surface area contributed by atoms with Crippen LogP contribution in [0.15, 0.2) is 56.8 Å². The van der Waals surface area contributed by atoms with Crippen LogP contribution in [-0.2, 0) is 11.8 Å². The molecule has 0 saturated heterocycles. The smallest absolute Gasteiger partial charge is 0.336 e. The number of benzene rings is 2. The Morgan fingerprint density at radius 3 is 2.50 bits per heavy atom. The van der Waals surface area contributed by atoms with Crippen LogP contribution in [-0.4, -0.2) is 24.7 Å². The van der Waals surface area contributed by atoms with E-state index in [1.807, 2.05) is 22.6 Å². The molecule has 2 aromatic heterocycles. The monoisotopic (exact) mass is 631 g/mol. The van der Waals surface area contributed by atoms with Gasteiger partial charge < -0.3 is 16.2 Å². The Kier molecular flexibility index (Phi) is 6.47. The number of nitrogens with one attached hydrogen (secondary N) is 1. The summed E-state index contributed by atoms with van der Waals surface area (Å²) in [5, 5.41) is 13.1. The first kappa shape index (κ1) is 25.9. The molecular weight excluding hydrogens is 608 g/mol. The maximum absolute atomic E-state index is 14.8. The second kappa shape index (κ2) is 9.51. The Labute approximate surface area is 228 Å². The molecule has 0 spiro atoms. The van der Waals surface area contributed by atoms with Gasteiger partial charge in [-0.05, 0) is 78.3 Å². The minimum absolute atomic E-state index is 0.0231. The zero-order valence-corrected chi connectivity index (χ0v) is 22.5. The molecular formula is C26H23FIN5O5. The lowest BCUT2D eigenvalue weighted by Crippen LogP contribution is -2.41. The average molecular weight is 631 g/mol. The molecule has 38 heavy (non-hydrogen) atoms. The molecule has 2 aromatic carbocycles. The molecule has 1 aliphatic rings. The van der Waals surface area contributed by atoms with Crippen molar-refractivity contribution in [1.82, 2.24) is 13.7 Å². The minimum Gasteiger partial charge on any atom is -0.378 e. The van der Waals surface area contributed by atoms with E-state index >= 15 is 0 Å². The number of anilines is 2. The van der Waals surface area contributed by atoms with Gasteiger partial charge >= 0.3 is 5.69 Å². The van der Waals surface area contributed by atoms with Crippen molar-refractivity contribution in [3.05, 3.63) is 94.2 Å². The number of carbonyl (C=O) groups excluding carboxylic acids is 1. The molecule has 10 nitrogen and oxygen atoms in total. The summed E-state index contributed by atoms with van der Waals surface area (Å²) in [5.41, 5.74) is 4.04. The first-order valence-corrected chi connectivity index (χ1v) is 12.8. The van der Waals surface area contributed by atoms with Crippen molar-refractivity contribution in [2.24, 2.45) is 12.8 Å². The van der Waals surface area contributed by atoms with Crippen molar-refractivity contribution < 1.29 is 14.3 Å². The summed E-state index contributed by atoms with van der Waals surface area (Å²) in [6.07, 6.45) is -0.373. The number of aromatic nitrogens is 3. The average Bonchev–Trinajstić information content (AvgIpc) is 3.71. The summed E-state index contributed by atoms with van der Waals surface area (Å²) in [5.74, 6) is -1.53. The number of aryl methyl sites for hydroxylation is 1. The summed E-state index contributed by atoms with van der Waals surface area (Å²) in [6.45, 7) is 1.50. The van der Waals surface area contributed by atoms with Crippen LogP contribution in [0.4, 0.5) is 15.9 Å². The van der Waals surface area contributed by atoms with E-state index in [2.05, 4.69) is 5.32 Å². The third kappa shape index (κ3) is 4.22. The number of nitrogens with two attached hydrogens (primary N) is 1. The summed E-state index contributed by atoms with van der Waals surface area (Å²) in [6, 6.07) is 10.1. The van der Waals surface area contributed by atoms with Crippen LogP contribution >= 0.6 is 22.6 Å². The Morgan fingerprint density at radius 2 is 1.87 bits per heavy atom. The van der Waals surface area contributed by atoms with Gasteiger partial charge in [0, 0.05) is 22.2 Å². The number of nitrogens with zero attached hydrogens (tertiary/aromatic N) is 3. The first-order chi connectivity index (χ1) is 18.0. The number of amides is 1. The summed E-state index contributed by atoms with van der Waals surface area (Å²) >= 11 is 1.97. The second-order valence-corrected chi connectivity index (χ2v) is 10.5. The number of pyridine rings is 1. The van der Waals surface area contributed by atoms with Gasteiger partial charge in [0.2, 0.25) is 0 Å². The van der Waals surface area contributed by atoms with Crippen LogP contribution in [0.1, 0.15) is 36.1 Å². The maximum atomic E-state index is 14.8. The zero-order chi connectivity index (χ0) is 27.5. The van der Waals surface area contributed by atoms with E-state index in [-0.39, 0.29) is 45.3 Å². The fourth-order valence-electron chi connectivity index (χ4n) is 4.57. The van der Waals surface area contributed by atoms with Gasteiger partial charge in [-0.1, -0.05) is 12.1 Å². The van der Waals surface area contributed by atoms with E-state index in [9.17, 15) is 28.7 Å². The summed E-state index contributed by atoms with van der Waals surface area (Å²) in [4.78, 5) is 52.6. The maximum Gasteiger partial charge on any atom is 0.336 e. The van der Waals surface area contributed by atoms with Crippen molar-refractivity contribution in [1.29, 1.82) is 0 Å². The third-order valence-corrected chi connectivity index (χ3v) is 7.32. The lowest BCUT2D eigenvalue weighted by Gasteiger charge is -2.21. The van der Waals surface area contributed by atoms with Crippen molar-refractivity contribution in [3.63, 3.8) is 0 Å². The number of aliphatic hydroxyl groups excluding tert-OH is 1. The van der Waals surface area contributed by atoms with Crippen molar-refractivity contribution in [2.75, 3.05) is 5.32 Å². The Morgan fingerprint density at radius 1 is 1.16 bits per heavy atom. The molecule has 0 radical (unpaired) electrons. The van der Waals surface area contributed by atoms with E-state index in [1.165, 1.54) is 53.4 Å². The zero-order valence-electron chi connectivity index (χ0n) is 20.4. The van der Waals surface area contributed by atoms with Crippen molar-refractivity contribution in [2.45, 2.75) is 31.9 Å². The molecule has 2 heterocycles. The second-order valence-electron chi connectivity index (χ2n) is 9.23. The standard InChI is InChI=1S/C26H23FIN5O5/c1-12-20-19(23(31(2)24(12)36)30-18-9-6-14(28)11-17(18)27)25(37)33(15-7-8-15)26(38)32(20)16-5-3-4-13(10-16)21(34)22(29)35/h3-6,9-11,15,21,30,34H,7-8H2,1-2H3,(H2,29,35). The van der Waals surface area contributed by atoms with Crippen molar-refractivity contribution in [3.8, 4) is 5.69 Å². The van der Waals surface area contributed by atoms with E-state index in [0.29, 0.717) is 16.4 Å². The quantitative estimate of drug-likeness (QED) is 0.280. The van der Waals surface area contributed by atoms with Gasteiger partial charge in [-0.3, -0.25) is 28.1 Å². The van der Waals surface area contributed by atoms with Crippen LogP contribution in [0, 0.1) is 16.3 Å². The highest BCUT2D eigenvalue weighted by Crippen LogP contribution is 2.34.